The van der Waals surface area contributed by atoms with Crippen LogP contribution in [0.5, 0.6) is 0 Å². The Morgan fingerprint density at radius 1 is 1.44 bits per heavy atom. The lowest BCUT2D eigenvalue weighted by Gasteiger charge is -2.05. The van der Waals surface area contributed by atoms with Crippen molar-refractivity contribution in [2.45, 2.75) is 19.4 Å². The van der Waals surface area contributed by atoms with E-state index in [1.54, 1.807) is 0 Å². The molecule has 3 N–H and O–H groups in total. The van der Waals surface area contributed by atoms with E-state index in [1.807, 2.05) is 24.3 Å². The van der Waals surface area contributed by atoms with Crippen LogP contribution in [0.3, 0.4) is 0 Å². The summed E-state index contributed by atoms with van der Waals surface area (Å²) in [4.78, 5) is 0. The molecule has 0 unspecified atom stereocenters. The van der Waals surface area contributed by atoms with Crippen molar-refractivity contribution >= 4 is 21.8 Å². The summed E-state index contributed by atoms with van der Waals surface area (Å²) < 4.78 is 6.52. The molecule has 0 bridgehead atoms. The molecule has 1 rings (SSSR count). The van der Waals surface area contributed by atoms with E-state index in [0.717, 1.165) is 16.5 Å². The third-order valence-corrected chi connectivity index (χ3v) is 2.84. The van der Waals surface area contributed by atoms with Crippen LogP contribution >= 0.6 is 15.9 Å². The molecule has 0 aliphatic rings. The Morgan fingerprint density at radius 3 is 2.88 bits per heavy atom. The minimum absolute atomic E-state index is 0.240. The van der Waals surface area contributed by atoms with Gasteiger partial charge in [0.05, 0.1) is 6.61 Å². The fraction of sp³-hybridized carbons (Fsp3) is 0.364. The lowest BCUT2D eigenvalue weighted by atomic mass is 10.2. The molecular weight excluding hydrogens is 272 g/mol. The van der Waals surface area contributed by atoms with E-state index in [9.17, 15) is 0 Å². The van der Waals surface area contributed by atoms with Crippen molar-refractivity contribution in [3.8, 4) is 0 Å². The average Bonchev–Trinajstić information content (AvgIpc) is 2.30. The average molecular weight is 287 g/mol. The van der Waals surface area contributed by atoms with Crippen molar-refractivity contribution in [3.05, 3.63) is 34.3 Å². The second-order valence-corrected chi connectivity index (χ2v) is 4.19. The molecule has 0 amide bonds. The van der Waals surface area contributed by atoms with Gasteiger partial charge >= 0.3 is 0 Å². The first-order chi connectivity index (χ1) is 7.74. The van der Waals surface area contributed by atoms with Gasteiger partial charge in [0.25, 0.3) is 0 Å². The van der Waals surface area contributed by atoms with Gasteiger partial charge in [-0.2, -0.15) is 0 Å². The van der Waals surface area contributed by atoms with Gasteiger partial charge in [-0.3, -0.25) is 0 Å². The number of ether oxygens (including phenoxy) is 1. The minimum Gasteiger partial charge on any atom is -0.409 e. The van der Waals surface area contributed by atoms with Gasteiger partial charge in [0, 0.05) is 17.5 Å². The number of nitrogens with zero attached hydrogens (tertiary/aromatic N) is 1. The Labute approximate surface area is 103 Å². The van der Waals surface area contributed by atoms with Crippen LogP contribution in [0.25, 0.3) is 0 Å². The molecule has 1 aromatic rings. The first-order valence-corrected chi connectivity index (χ1v) is 5.81. The largest absolute Gasteiger partial charge is 0.409 e. The molecular formula is C11H15BrN2O2. The molecule has 0 heterocycles. The molecule has 0 saturated carbocycles. The quantitative estimate of drug-likeness (QED) is 0.278. The van der Waals surface area contributed by atoms with Crippen LogP contribution in [0.4, 0.5) is 0 Å². The van der Waals surface area contributed by atoms with Crippen LogP contribution in [0.15, 0.2) is 33.9 Å². The number of nitrogens with two attached hydrogens (primary N) is 1. The SMILES string of the molecule is N/C(CCCOCc1ccccc1Br)=N/O. The first kappa shape index (κ1) is 13.0. The molecule has 88 valence electrons. The van der Waals surface area contributed by atoms with Gasteiger partial charge in [-0.25, -0.2) is 0 Å². The second kappa shape index (κ2) is 7.24. The Kier molecular flexibility index (Phi) is 5.88. The molecule has 0 atom stereocenters. The fourth-order valence-corrected chi connectivity index (χ4v) is 1.60. The molecule has 1 aromatic carbocycles. The number of halogens is 1. The Balaban J connectivity index is 2.19. The lowest BCUT2D eigenvalue weighted by Crippen LogP contribution is -2.12. The van der Waals surface area contributed by atoms with Gasteiger partial charge in [0.2, 0.25) is 0 Å². The van der Waals surface area contributed by atoms with E-state index in [0.29, 0.717) is 19.6 Å². The topological polar surface area (TPSA) is 67.8 Å². The third kappa shape index (κ3) is 4.63. The summed E-state index contributed by atoms with van der Waals surface area (Å²) >= 11 is 3.45. The molecule has 0 radical (unpaired) electrons. The Morgan fingerprint density at radius 2 is 2.19 bits per heavy atom. The van der Waals surface area contributed by atoms with Crippen molar-refractivity contribution < 1.29 is 9.94 Å². The van der Waals surface area contributed by atoms with E-state index in [2.05, 4.69) is 21.1 Å². The first-order valence-electron chi connectivity index (χ1n) is 5.01. The number of oxime groups is 1. The standard InChI is InChI=1S/C11H15BrN2O2/c12-10-5-2-1-4-9(10)8-16-7-3-6-11(13)14-15/h1-2,4-5,15H,3,6-8H2,(H2,13,14). The monoisotopic (exact) mass is 286 g/mol. The summed E-state index contributed by atoms with van der Waals surface area (Å²) in [5.74, 6) is 0.240. The highest BCUT2D eigenvalue weighted by molar-refractivity contribution is 9.10. The van der Waals surface area contributed by atoms with Crippen molar-refractivity contribution in [1.82, 2.24) is 0 Å². The molecule has 16 heavy (non-hydrogen) atoms. The molecule has 0 spiro atoms. The van der Waals surface area contributed by atoms with Crippen LogP contribution in [-0.2, 0) is 11.3 Å². The van der Waals surface area contributed by atoms with Crippen molar-refractivity contribution in [3.63, 3.8) is 0 Å². The second-order valence-electron chi connectivity index (χ2n) is 3.34. The number of benzene rings is 1. The summed E-state index contributed by atoms with van der Waals surface area (Å²) in [6.45, 7) is 1.16. The number of hydrogen-bond donors (Lipinski definition) is 2. The van der Waals surface area contributed by atoms with E-state index in [4.69, 9.17) is 15.7 Å². The van der Waals surface area contributed by atoms with Gasteiger partial charge in [0.15, 0.2) is 0 Å². The fourth-order valence-electron chi connectivity index (χ4n) is 1.20. The zero-order valence-corrected chi connectivity index (χ0v) is 10.5. The highest BCUT2D eigenvalue weighted by Crippen LogP contribution is 2.16. The van der Waals surface area contributed by atoms with Gasteiger partial charge in [-0.05, 0) is 18.1 Å². The summed E-state index contributed by atoms with van der Waals surface area (Å²) in [5, 5.41) is 11.2. The smallest absolute Gasteiger partial charge is 0.139 e. The van der Waals surface area contributed by atoms with Gasteiger partial charge in [-0.15, -0.1) is 0 Å². The summed E-state index contributed by atoms with van der Waals surface area (Å²) in [7, 11) is 0. The maximum atomic E-state index is 8.32. The molecule has 0 aromatic heterocycles. The van der Waals surface area contributed by atoms with Gasteiger partial charge in [-0.1, -0.05) is 39.3 Å². The normalized spacial score (nSPS) is 11.7. The molecule has 0 saturated heterocycles. The van der Waals surface area contributed by atoms with Crippen molar-refractivity contribution in [2.75, 3.05) is 6.61 Å². The molecule has 0 fully saturated rings. The van der Waals surface area contributed by atoms with E-state index < -0.39 is 0 Å². The summed E-state index contributed by atoms with van der Waals surface area (Å²) in [6.07, 6.45) is 1.30. The maximum absolute atomic E-state index is 8.32. The van der Waals surface area contributed by atoms with E-state index in [-0.39, 0.29) is 5.84 Å². The van der Waals surface area contributed by atoms with Crippen LogP contribution in [0.2, 0.25) is 0 Å². The number of amidine groups is 1. The predicted molar refractivity (Wildman–Crippen MR) is 66.4 cm³/mol. The van der Waals surface area contributed by atoms with E-state index >= 15 is 0 Å². The van der Waals surface area contributed by atoms with Crippen molar-refractivity contribution in [1.29, 1.82) is 0 Å². The van der Waals surface area contributed by atoms with E-state index in [1.165, 1.54) is 0 Å². The zero-order chi connectivity index (χ0) is 11.8. The number of rotatable bonds is 6. The summed E-state index contributed by atoms with van der Waals surface area (Å²) in [5.41, 5.74) is 6.44. The predicted octanol–water partition coefficient (Wildman–Crippen LogP) is 2.49. The highest BCUT2D eigenvalue weighted by atomic mass is 79.9. The molecule has 5 heteroatoms. The zero-order valence-electron chi connectivity index (χ0n) is 8.90. The minimum atomic E-state index is 0.240. The van der Waals surface area contributed by atoms with Crippen molar-refractivity contribution in [2.24, 2.45) is 10.9 Å². The van der Waals surface area contributed by atoms with Crippen LogP contribution in [0, 0.1) is 0 Å². The van der Waals surface area contributed by atoms with Gasteiger partial charge < -0.3 is 15.7 Å². The third-order valence-electron chi connectivity index (χ3n) is 2.07. The van der Waals surface area contributed by atoms with Crippen LogP contribution < -0.4 is 5.73 Å². The molecule has 4 nitrogen and oxygen atoms in total. The molecule has 0 aliphatic heterocycles. The van der Waals surface area contributed by atoms with Crippen LogP contribution in [0.1, 0.15) is 18.4 Å². The molecule has 0 aliphatic carbocycles. The van der Waals surface area contributed by atoms with Crippen LogP contribution in [-0.4, -0.2) is 17.6 Å². The Hall–Kier alpha value is -1.07. The lowest BCUT2D eigenvalue weighted by molar-refractivity contribution is 0.119. The van der Waals surface area contributed by atoms with Gasteiger partial charge in [0.1, 0.15) is 5.84 Å². The highest BCUT2D eigenvalue weighted by Gasteiger charge is 1.98. The maximum Gasteiger partial charge on any atom is 0.139 e. The summed E-state index contributed by atoms with van der Waals surface area (Å²) in [6, 6.07) is 7.93. The Bertz CT molecular complexity index is 356. The number of hydrogen-bond acceptors (Lipinski definition) is 3.